The quantitative estimate of drug-likeness (QED) is 0.845. The smallest absolute Gasteiger partial charge is 0.248 e. The van der Waals surface area contributed by atoms with Crippen LogP contribution in [0.15, 0.2) is 17.1 Å². The molecule has 0 saturated heterocycles. The normalized spacial score (nSPS) is 12.3. The first-order chi connectivity index (χ1) is 9.04. The number of amides is 1. The SMILES string of the molecule is CCCCC(=O)N=c1sc2ccc(C)c(C)c2n1C. The van der Waals surface area contributed by atoms with E-state index in [1.165, 1.54) is 21.3 Å². The molecule has 1 aromatic carbocycles. The molecule has 0 atom stereocenters. The first kappa shape index (κ1) is 14.0. The van der Waals surface area contributed by atoms with Crippen LogP contribution < -0.4 is 4.80 Å². The van der Waals surface area contributed by atoms with Crippen molar-refractivity contribution in [2.24, 2.45) is 12.0 Å². The van der Waals surface area contributed by atoms with Crippen LogP contribution in [0.25, 0.3) is 10.2 Å². The van der Waals surface area contributed by atoms with E-state index in [4.69, 9.17) is 0 Å². The third kappa shape index (κ3) is 2.78. The maximum atomic E-state index is 11.8. The molecule has 0 N–H and O–H groups in total. The van der Waals surface area contributed by atoms with Gasteiger partial charge in [-0.05, 0) is 37.5 Å². The maximum absolute atomic E-state index is 11.8. The summed E-state index contributed by atoms with van der Waals surface area (Å²) in [5, 5.41) is 0. The van der Waals surface area contributed by atoms with Gasteiger partial charge < -0.3 is 4.57 Å². The Bertz CT molecular complexity index is 679. The van der Waals surface area contributed by atoms with Crippen LogP contribution in [0.2, 0.25) is 0 Å². The first-order valence-corrected chi connectivity index (χ1v) is 7.49. The molecular formula is C15H20N2OS. The van der Waals surface area contributed by atoms with Gasteiger partial charge in [-0.15, -0.1) is 0 Å². The molecule has 0 spiro atoms. The van der Waals surface area contributed by atoms with E-state index in [1.807, 2.05) is 11.6 Å². The van der Waals surface area contributed by atoms with E-state index < -0.39 is 0 Å². The van der Waals surface area contributed by atoms with Gasteiger partial charge in [0.1, 0.15) is 0 Å². The van der Waals surface area contributed by atoms with Gasteiger partial charge in [-0.3, -0.25) is 4.79 Å². The van der Waals surface area contributed by atoms with Crippen LogP contribution in [0.3, 0.4) is 0 Å². The molecule has 0 fully saturated rings. The number of benzene rings is 1. The molecule has 0 aliphatic heterocycles. The average molecular weight is 276 g/mol. The van der Waals surface area contributed by atoms with Gasteiger partial charge in [0.15, 0.2) is 4.80 Å². The fourth-order valence-electron chi connectivity index (χ4n) is 2.13. The summed E-state index contributed by atoms with van der Waals surface area (Å²) >= 11 is 1.58. The molecule has 0 bridgehead atoms. The lowest BCUT2D eigenvalue weighted by Crippen LogP contribution is -2.13. The van der Waals surface area contributed by atoms with Crippen molar-refractivity contribution in [2.45, 2.75) is 40.0 Å². The molecule has 2 rings (SSSR count). The Labute approximate surface area is 117 Å². The number of nitrogens with zero attached hydrogens (tertiary/aromatic N) is 2. The van der Waals surface area contributed by atoms with Gasteiger partial charge in [-0.25, -0.2) is 0 Å². The van der Waals surface area contributed by atoms with E-state index in [1.54, 1.807) is 11.3 Å². The average Bonchev–Trinajstić information content (AvgIpc) is 2.69. The number of carbonyl (C=O) groups excluding carboxylic acids is 1. The number of carbonyl (C=O) groups is 1. The number of fused-ring (bicyclic) bond motifs is 1. The number of aryl methyl sites for hydroxylation is 3. The molecule has 0 radical (unpaired) electrons. The van der Waals surface area contributed by atoms with Crippen LogP contribution in [0.5, 0.6) is 0 Å². The number of rotatable bonds is 3. The van der Waals surface area contributed by atoms with Gasteiger partial charge in [-0.2, -0.15) is 4.99 Å². The molecule has 2 aromatic rings. The highest BCUT2D eigenvalue weighted by Crippen LogP contribution is 2.22. The fraction of sp³-hybridized carbons (Fsp3) is 0.467. The second-order valence-electron chi connectivity index (χ2n) is 4.91. The monoisotopic (exact) mass is 276 g/mol. The lowest BCUT2D eigenvalue weighted by atomic mass is 10.1. The Balaban J connectivity index is 2.51. The minimum atomic E-state index is -0.0154. The van der Waals surface area contributed by atoms with Crippen molar-refractivity contribution in [3.8, 4) is 0 Å². The zero-order valence-electron chi connectivity index (χ0n) is 12.0. The van der Waals surface area contributed by atoms with E-state index in [0.29, 0.717) is 6.42 Å². The Morgan fingerprint density at radius 3 is 2.79 bits per heavy atom. The van der Waals surface area contributed by atoms with E-state index in [0.717, 1.165) is 17.6 Å². The highest BCUT2D eigenvalue weighted by molar-refractivity contribution is 7.16. The van der Waals surface area contributed by atoms with Gasteiger partial charge in [0.25, 0.3) is 0 Å². The zero-order valence-corrected chi connectivity index (χ0v) is 12.8. The molecule has 1 amide bonds. The van der Waals surface area contributed by atoms with Crippen molar-refractivity contribution >= 4 is 27.5 Å². The van der Waals surface area contributed by atoms with Crippen LogP contribution in [0, 0.1) is 13.8 Å². The van der Waals surface area contributed by atoms with Crippen molar-refractivity contribution in [2.75, 3.05) is 0 Å². The second-order valence-corrected chi connectivity index (χ2v) is 5.92. The first-order valence-electron chi connectivity index (χ1n) is 6.68. The standard InChI is InChI=1S/C15H20N2OS/c1-5-6-7-13(18)16-15-17(4)14-11(3)10(2)8-9-12(14)19-15/h8-9H,5-7H2,1-4H3. The molecule has 4 heteroatoms. The van der Waals surface area contributed by atoms with Crippen LogP contribution >= 0.6 is 11.3 Å². The van der Waals surface area contributed by atoms with Crippen molar-refractivity contribution in [1.29, 1.82) is 0 Å². The van der Waals surface area contributed by atoms with E-state index in [-0.39, 0.29) is 5.91 Å². The number of hydrogen-bond acceptors (Lipinski definition) is 2. The molecule has 1 aromatic heterocycles. The van der Waals surface area contributed by atoms with Crippen LogP contribution in [-0.2, 0) is 11.8 Å². The lowest BCUT2D eigenvalue weighted by molar-refractivity contribution is -0.118. The number of unbranched alkanes of at least 4 members (excludes halogenated alkanes) is 1. The third-order valence-electron chi connectivity index (χ3n) is 3.45. The molecule has 3 nitrogen and oxygen atoms in total. The van der Waals surface area contributed by atoms with Crippen molar-refractivity contribution in [3.63, 3.8) is 0 Å². The molecule has 0 unspecified atom stereocenters. The fourth-order valence-corrected chi connectivity index (χ4v) is 3.22. The van der Waals surface area contributed by atoms with Crippen molar-refractivity contribution in [3.05, 3.63) is 28.1 Å². The van der Waals surface area contributed by atoms with Crippen LogP contribution in [0.4, 0.5) is 0 Å². The van der Waals surface area contributed by atoms with Gasteiger partial charge in [0.2, 0.25) is 5.91 Å². The summed E-state index contributed by atoms with van der Waals surface area (Å²) in [6, 6.07) is 4.23. The maximum Gasteiger partial charge on any atom is 0.248 e. The minimum absolute atomic E-state index is 0.0154. The summed E-state index contributed by atoms with van der Waals surface area (Å²) in [4.78, 5) is 16.8. The summed E-state index contributed by atoms with van der Waals surface area (Å²) in [6.07, 6.45) is 2.48. The highest BCUT2D eigenvalue weighted by atomic mass is 32.1. The second kappa shape index (κ2) is 5.70. The zero-order chi connectivity index (χ0) is 14.0. The van der Waals surface area contributed by atoms with E-state index in [2.05, 4.69) is 37.9 Å². The Kier molecular flexibility index (Phi) is 4.20. The van der Waals surface area contributed by atoms with Crippen molar-refractivity contribution in [1.82, 2.24) is 4.57 Å². The van der Waals surface area contributed by atoms with Gasteiger partial charge in [0, 0.05) is 13.5 Å². The summed E-state index contributed by atoms with van der Waals surface area (Å²) in [5.41, 5.74) is 3.72. The van der Waals surface area contributed by atoms with E-state index in [9.17, 15) is 4.79 Å². The summed E-state index contributed by atoms with van der Waals surface area (Å²) in [6.45, 7) is 6.31. The Hall–Kier alpha value is -1.42. The number of thiazole rings is 1. The molecule has 1 heterocycles. The third-order valence-corrected chi connectivity index (χ3v) is 4.55. The number of hydrogen-bond donors (Lipinski definition) is 0. The highest BCUT2D eigenvalue weighted by Gasteiger charge is 2.08. The summed E-state index contributed by atoms with van der Waals surface area (Å²) in [7, 11) is 1.98. The molecule has 0 saturated carbocycles. The lowest BCUT2D eigenvalue weighted by Gasteiger charge is -2.03. The predicted molar refractivity (Wildman–Crippen MR) is 80.4 cm³/mol. The molecule has 0 aliphatic carbocycles. The molecule has 0 aliphatic rings. The largest absolute Gasteiger partial charge is 0.319 e. The van der Waals surface area contributed by atoms with Crippen LogP contribution in [-0.4, -0.2) is 10.5 Å². The van der Waals surface area contributed by atoms with Crippen molar-refractivity contribution < 1.29 is 4.79 Å². The number of aromatic nitrogens is 1. The Morgan fingerprint density at radius 2 is 2.11 bits per heavy atom. The summed E-state index contributed by atoms with van der Waals surface area (Å²) < 4.78 is 3.22. The summed E-state index contributed by atoms with van der Waals surface area (Å²) in [5.74, 6) is -0.0154. The minimum Gasteiger partial charge on any atom is -0.319 e. The predicted octanol–water partition coefficient (Wildman–Crippen LogP) is 3.47. The molecule has 102 valence electrons. The van der Waals surface area contributed by atoms with Gasteiger partial charge in [0.05, 0.1) is 10.2 Å². The van der Waals surface area contributed by atoms with Crippen LogP contribution in [0.1, 0.15) is 37.3 Å². The van der Waals surface area contributed by atoms with Gasteiger partial charge >= 0.3 is 0 Å². The topological polar surface area (TPSA) is 34.4 Å². The van der Waals surface area contributed by atoms with Gasteiger partial charge in [-0.1, -0.05) is 30.7 Å². The molecule has 19 heavy (non-hydrogen) atoms. The Morgan fingerprint density at radius 1 is 1.37 bits per heavy atom. The van der Waals surface area contributed by atoms with E-state index >= 15 is 0 Å². The molecular weight excluding hydrogens is 256 g/mol.